The van der Waals surface area contributed by atoms with Gasteiger partial charge in [0.05, 0.1) is 0 Å². The number of nitrogens with one attached hydrogen (secondary N) is 1. The topological polar surface area (TPSA) is 79.1 Å². The Kier molecular flexibility index (Phi) is 4.48. The highest BCUT2D eigenvalue weighted by molar-refractivity contribution is 5.88. The first-order chi connectivity index (χ1) is 9.90. The number of benzene rings is 1. The molecule has 0 spiro atoms. The number of hydrogen-bond acceptors (Lipinski definition) is 2. The summed E-state index contributed by atoms with van der Waals surface area (Å²) in [5.41, 5.74) is 11.5. The molecule has 0 aliphatic rings. The molecule has 4 N–H and O–H groups in total. The molecule has 21 heavy (non-hydrogen) atoms. The maximum atomic E-state index is 10.9. The SMILES string of the molecule is CC(C)=CCc1c(C)ccc2c(CC(N)C(=O)O)c[nH]c12. The van der Waals surface area contributed by atoms with E-state index >= 15 is 0 Å². The number of H-pyrrole nitrogens is 1. The van der Waals surface area contributed by atoms with Crippen LogP contribution in [0.3, 0.4) is 0 Å². The number of allylic oxidation sites excluding steroid dienone is 2. The number of hydrogen-bond donors (Lipinski definition) is 3. The van der Waals surface area contributed by atoms with Crippen molar-refractivity contribution in [2.24, 2.45) is 5.73 Å². The summed E-state index contributed by atoms with van der Waals surface area (Å²) in [7, 11) is 0. The second kappa shape index (κ2) is 6.14. The second-order valence-electron chi connectivity index (χ2n) is 5.73. The standard InChI is InChI=1S/C17H22N2O2/c1-10(2)4-6-13-11(3)5-7-14-12(9-19-16(13)14)8-15(18)17(20)21/h4-5,7,9,15,19H,6,8,18H2,1-3H3,(H,20,21). The largest absolute Gasteiger partial charge is 0.480 e. The molecule has 2 rings (SSSR count). The van der Waals surface area contributed by atoms with E-state index in [0.717, 1.165) is 22.9 Å². The first-order valence-electron chi connectivity index (χ1n) is 7.10. The van der Waals surface area contributed by atoms with E-state index < -0.39 is 12.0 Å². The highest BCUT2D eigenvalue weighted by atomic mass is 16.4. The molecule has 0 amide bonds. The lowest BCUT2D eigenvalue weighted by Gasteiger charge is -2.08. The molecule has 1 unspecified atom stereocenters. The first kappa shape index (κ1) is 15.3. The lowest BCUT2D eigenvalue weighted by Crippen LogP contribution is -2.32. The van der Waals surface area contributed by atoms with Crippen LogP contribution in [0.4, 0.5) is 0 Å². The number of aryl methyl sites for hydroxylation is 1. The van der Waals surface area contributed by atoms with E-state index in [9.17, 15) is 4.79 Å². The summed E-state index contributed by atoms with van der Waals surface area (Å²) in [4.78, 5) is 14.2. The van der Waals surface area contributed by atoms with Crippen molar-refractivity contribution in [2.45, 2.75) is 39.7 Å². The van der Waals surface area contributed by atoms with Gasteiger partial charge >= 0.3 is 5.97 Å². The van der Waals surface area contributed by atoms with Crippen LogP contribution in [0.5, 0.6) is 0 Å². The molecule has 1 aromatic heterocycles. The molecule has 0 bridgehead atoms. The van der Waals surface area contributed by atoms with Crippen molar-refractivity contribution in [3.63, 3.8) is 0 Å². The van der Waals surface area contributed by atoms with Crippen LogP contribution in [0.15, 0.2) is 30.0 Å². The van der Waals surface area contributed by atoms with Crippen molar-refractivity contribution in [3.05, 3.63) is 46.7 Å². The van der Waals surface area contributed by atoms with Crippen LogP contribution in [0, 0.1) is 6.92 Å². The summed E-state index contributed by atoms with van der Waals surface area (Å²) in [5, 5.41) is 10.0. The molecule has 1 atom stereocenters. The molecule has 0 aliphatic carbocycles. The summed E-state index contributed by atoms with van der Waals surface area (Å²) in [6.45, 7) is 6.26. The number of carboxylic acid groups (broad SMARTS) is 1. The average Bonchev–Trinajstić information content (AvgIpc) is 2.80. The molecule has 0 saturated heterocycles. The van der Waals surface area contributed by atoms with E-state index in [1.807, 2.05) is 12.3 Å². The first-order valence-corrected chi connectivity index (χ1v) is 7.10. The fraction of sp³-hybridized carbons (Fsp3) is 0.353. The Labute approximate surface area is 124 Å². The van der Waals surface area contributed by atoms with Crippen molar-refractivity contribution in [3.8, 4) is 0 Å². The van der Waals surface area contributed by atoms with Gasteiger partial charge in [-0.25, -0.2) is 0 Å². The minimum atomic E-state index is -0.971. The van der Waals surface area contributed by atoms with Gasteiger partial charge in [-0.05, 0) is 43.9 Å². The summed E-state index contributed by atoms with van der Waals surface area (Å²) < 4.78 is 0. The number of carboxylic acids is 1. The molecular formula is C17H22N2O2. The summed E-state index contributed by atoms with van der Waals surface area (Å²) >= 11 is 0. The van der Waals surface area contributed by atoms with E-state index in [0.29, 0.717) is 6.42 Å². The molecule has 0 radical (unpaired) electrons. The van der Waals surface area contributed by atoms with Gasteiger partial charge in [0.2, 0.25) is 0 Å². The second-order valence-corrected chi connectivity index (χ2v) is 5.73. The van der Waals surface area contributed by atoms with Crippen molar-refractivity contribution in [1.82, 2.24) is 4.98 Å². The lowest BCUT2D eigenvalue weighted by molar-refractivity contribution is -0.138. The number of rotatable bonds is 5. The van der Waals surface area contributed by atoms with Crippen LogP contribution < -0.4 is 5.73 Å². The normalized spacial score (nSPS) is 12.4. The van der Waals surface area contributed by atoms with Crippen LogP contribution in [-0.2, 0) is 17.6 Å². The lowest BCUT2D eigenvalue weighted by atomic mass is 9.98. The summed E-state index contributed by atoms with van der Waals surface area (Å²) in [5.74, 6) is -0.971. The van der Waals surface area contributed by atoms with Crippen molar-refractivity contribution < 1.29 is 9.90 Å². The number of fused-ring (bicyclic) bond motifs is 1. The van der Waals surface area contributed by atoms with Crippen LogP contribution in [0.25, 0.3) is 10.9 Å². The third-order valence-electron chi connectivity index (χ3n) is 3.76. The van der Waals surface area contributed by atoms with Crippen LogP contribution in [0.1, 0.15) is 30.5 Å². The number of aromatic nitrogens is 1. The van der Waals surface area contributed by atoms with Gasteiger partial charge in [-0.15, -0.1) is 0 Å². The van der Waals surface area contributed by atoms with E-state index in [1.54, 1.807) is 0 Å². The Morgan fingerprint density at radius 3 is 2.76 bits per heavy atom. The van der Waals surface area contributed by atoms with E-state index in [4.69, 9.17) is 10.8 Å². The Bertz CT molecular complexity index is 694. The Morgan fingerprint density at radius 1 is 1.43 bits per heavy atom. The quantitative estimate of drug-likeness (QED) is 0.739. The van der Waals surface area contributed by atoms with Crippen LogP contribution in [0.2, 0.25) is 0 Å². The third kappa shape index (κ3) is 3.34. The minimum absolute atomic E-state index is 0.334. The van der Waals surface area contributed by atoms with Gasteiger partial charge in [0.25, 0.3) is 0 Å². The molecule has 4 nitrogen and oxygen atoms in total. The van der Waals surface area contributed by atoms with Gasteiger partial charge < -0.3 is 15.8 Å². The summed E-state index contributed by atoms with van der Waals surface area (Å²) in [6, 6.07) is 3.25. The number of aliphatic carboxylic acids is 1. The molecule has 2 aromatic rings. The average molecular weight is 286 g/mol. The zero-order valence-electron chi connectivity index (χ0n) is 12.7. The predicted molar refractivity (Wildman–Crippen MR) is 85.5 cm³/mol. The molecule has 4 heteroatoms. The highest BCUT2D eigenvalue weighted by Gasteiger charge is 2.16. The van der Waals surface area contributed by atoms with Crippen molar-refractivity contribution in [2.75, 3.05) is 0 Å². The summed E-state index contributed by atoms with van der Waals surface area (Å²) in [6.07, 6.45) is 5.28. The van der Waals surface area contributed by atoms with Gasteiger partial charge in [0.1, 0.15) is 6.04 Å². The Balaban J connectivity index is 2.43. The maximum Gasteiger partial charge on any atom is 0.320 e. The van der Waals surface area contributed by atoms with Gasteiger partial charge in [0, 0.05) is 23.5 Å². The molecule has 1 heterocycles. The smallest absolute Gasteiger partial charge is 0.320 e. The van der Waals surface area contributed by atoms with Gasteiger partial charge in [-0.2, -0.15) is 0 Å². The number of carbonyl (C=O) groups is 1. The number of aromatic amines is 1. The van der Waals surface area contributed by atoms with E-state index in [-0.39, 0.29) is 0 Å². The molecule has 0 saturated carbocycles. The van der Waals surface area contributed by atoms with Crippen molar-refractivity contribution >= 4 is 16.9 Å². The molecule has 0 fully saturated rings. The van der Waals surface area contributed by atoms with Crippen molar-refractivity contribution in [1.29, 1.82) is 0 Å². The Hall–Kier alpha value is -2.07. The maximum absolute atomic E-state index is 10.9. The van der Waals surface area contributed by atoms with Gasteiger partial charge in [0.15, 0.2) is 0 Å². The molecule has 1 aromatic carbocycles. The minimum Gasteiger partial charge on any atom is -0.480 e. The van der Waals surface area contributed by atoms with Crippen LogP contribution >= 0.6 is 0 Å². The predicted octanol–water partition coefficient (Wildman–Crippen LogP) is 2.94. The van der Waals surface area contributed by atoms with Gasteiger partial charge in [-0.3, -0.25) is 4.79 Å². The highest BCUT2D eigenvalue weighted by Crippen LogP contribution is 2.26. The van der Waals surface area contributed by atoms with E-state index in [2.05, 4.69) is 37.9 Å². The third-order valence-corrected chi connectivity index (χ3v) is 3.76. The molecular weight excluding hydrogens is 264 g/mol. The van der Waals surface area contributed by atoms with Crippen LogP contribution in [-0.4, -0.2) is 22.1 Å². The monoisotopic (exact) mass is 286 g/mol. The molecule has 0 aliphatic heterocycles. The Morgan fingerprint density at radius 2 is 2.14 bits per heavy atom. The zero-order chi connectivity index (χ0) is 15.6. The fourth-order valence-electron chi connectivity index (χ4n) is 2.48. The van der Waals surface area contributed by atoms with Gasteiger partial charge in [-0.1, -0.05) is 23.8 Å². The fourth-order valence-corrected chi connectivity index (χ4v) is 2.48. The number of nitrogens with two attached hydrogens (primary N) is 1. The van der Waals surface area contributed by atoms with E-state index in [1.165, 1.54) is 16.7 Å². The molecule has 112 valence electrons. The zero-order valence-corrected chi connectivity index (χ0v) is 12.7.